The molecule has 2 amide bonds. The number of nitrogens with one attached hydrogen (secondary N) is 3. The van der Waals surface area contributed by atoms with E-state index >= 15 is 0 Å². The molecule has 1 aliphatic heterocycles. The third-order valence-corrected chi connectivity index (χ3v) is 14.2. The summed E-state index contributed by atoms with van der Waals surface area (Å²) in [6.45, 7) is 2.85. The molecule has 0 spiro atoms. The molecule has 0 fully saturated rings. The van der Waals surface area contributed by atoms with Gasteiger partial charge in [0.05, 0.1) is 42.6 Å². The minimum absolute atomic E-state index is 0.165. The molecule has 9 rings (SSSR count). The van der Waals surface area contributed by atoms with Crippen LogP contribution in [0.4, 0.5) is 0 Å². The number of pyridine rings is 3. The Balaban J connectivity index is 0.000000167. The third-order valence-electron chi connectivity index (χ3n) is 9.60. The molecular formula is C43H35N7O7S3. The van der Waals surface area contributed by atoms with Gasteiger partial charge in [0, 0.05) is 55.9 Å². The number of hydrogen-bond donors (Lipinski definition) is 3. The minimum Gasteiger partial charge on any atom is -0.492 e. The van der Waals surface area contributed by atoms with E-state index in [1.54, 1.807) is 105 Å². The van der Waals surface area contributed by atoms with Gasteiger partial charge in [-0.15, -0.1) is 11.3 Å². The van der Waals surface area contributed by atoms with Gasteiger partial charge >= 0.3 is 0 Å². The van der Waals surface area contributed by atoms with Gasteiger partial charge in [0.2, 0.25) is 19.7 Å². The van der Waals surface area contributed by atoms with Crippen LogP contribution in [0, 0.1) is 6.92 Å². The molecule has 60 heavy (non-hydrogen) atoms. The molecular weight excluding hydrogens is 823 g/mol. The van der Waals surface area contributed by atoms with Gasteiger partial charge in [-0.1, -0.05) is 36.4 Å². The van der Waals surface area contributed by atoms with E-state index in [-0.39, 0.29) is 37.9 Å². The molecule has 0 radical (unpaired) electrons. The average Bonchev–Trinajstić information content (AvgIpc) is 4.05. The fraction of sp³-hybridized carbons (Fsp3) is 0.116. The maximum Gasteiger partial charge on any atom is 0.261 e. The minimum atomic E-state index is -3.70. The number of hydrogen-bond acceptors (Lipinski definition) is 12. The van der Waals surface area contributed by atoms with E-state index in [0.29, 0.717) is 41.4 Å². The number of aromatic amines is 1. The summed E-state index contributed by atoms with van der Waals surface area (Å²) < 4.78 is 58.1. The highest BCUT2D eigenvalue weighted by Gasteiger charge is 2.27. The van der Waals surface area contributed by atoms with Crippen LogP contribution in [0.2, 0.25) is 0 Å². The van der Waals surface area contributed by atoms with Gasteiger partial charge in [0.1, 0.15) is 10.6 Å². The number of benzene rings is 3. The molecule has 6 heterocycles. The molecule has 0 saturated heterocycles. The van der Waals surface area contributed by atoms with E-state index in [0.717, 1.165) is 37.7 Å². The van der Waals surface area contributed by atoms with Crippen molar-refractivity contribution >= 4 is 63.9 Å². The topological polar surface area (TPSA) is 203 Å². The number of ether oxygens (including phenoxy) is 1. The second-order valence-electron chi connectivity index (χ2n) is 13.8. The fourth-order valence-corrected chi connectivity index (χ4v) is 10.1. The number of fused-ring (bicyclic) bond motifs is 3. The Bertz CT molecular complexity index is 3080. The average molecular weight is 858 g/mol. The molecule has 5 aromatic heterocycles. The number of H-pyrrole nitrogens is 1. The molecule has 14 nitrogen and oxygen atoms in total. The smallest absolute Gasteiger partial charge is 0.261 e. The zero-order valence-corrected chi connectivity index (χ0v) is 34.3. The maximum absolute atomic E-state index is 13.1. The van der Waals surface area contributed by atoms with Crippen molar-refractivity contribution in [2.75, 3.05) is 6.61 Å². The van der Waals surface area contributed by atoms with Gasteiger partial charge in [0.15, 0.2) is 5.65 Å². The largest absolute Gasteiger partial charge is 0.492 e. The van der Waals surface area contributed by atoms with Crippen molar-refractivity contribution in [3.8, 4) is 5.75 Å². The Hall–Kier alpha value is -6.82. The summed E-state index contributed by atoms with van der Waals surface area (Å²) in [6.07, 6.45) is 10.2. The first-order chi connectivity index (χ1) is 29.0. The maximum atomic E-state index is 13.1. The van der Waals surface area contributed by atoms with Gasteiger partial charge in [-0.2, -0.15) is 5.10 Å². The normalized spacial score (nSPS) is 12.3. The molecule has 0 aliphatic carbocycles. The SMILES string of the molecule is Cc1cncc(S(=O)(=O)c2ccc(CNC(=O)c3cc4ccncc4s3)cc2)c1.O=C(NCc1ccc(S(=O)(=O)c2cccc3c2OCC3)cc1)c1cnc2[nH]ncc2c1. The lowest BCUT2D eigenvalue weighted by Crippen LogP contribution is -2.22. The van der Waals surface area contributed by atoms with E-state index < -0.39 is 19.7 Å². The van der Waals surface area contributed by atoms with Crippen molar-refractivity contribution in [3.05, 3.63) is 161 Å². The second kappa shape index (κ2) is 16.8. The highest BCUT2D eigenvalue weighted by Crippen LogP contribution is 2.36. The summed E-state index contributed by atoms with van der Waals surface area (Å²) in [5.74, 6) is 0.0000639. The fourth-order valence-electron chi connectivity index (χ4n) is 6.42. The lowest BCUT2D eigenvalue weighted by Gasteiger charge is -2.10. The number of aromatic nitrogens is 5. The number of amides is 2. The zero-order chi connectivity index (χ0) is 41.9. The number of sulfone groups is 2. The van der Waals surface area contributed by atoms with Gasteiger partial charge in [-0.3, -0.25) is 24.7 Å². The highest BCUT2D eigenvalue weighted by molar-refractivity contribution is 7.91. The summed E-state index contributed by atoms with van der Waals surface area (Å²) in [4.78, 5) is 38.3. The monoisotopic (exact) mass is 857 g/mol. The number of para-hydroxylation sites is 1. The van der Waals surface area contributed by atoms with Crippen molar-refractivity contribution in [2.24, 2.45) is 0 Å². The molecule has 3 N–H and O–H groups in total. The molecule has 17 heteroatoms. The van der Waals surface area contributed by atoms with Crippen molar-refractivity contribution in [1.29, 1.82) is 0 Å². The predicted octanol–water partition coefficient (Wildman–Crippen LogP) is 6.42. The van der Waals surface area contributed by atoms with Crippen molar-refractivity contribution < 1.29 is 31.2 Å². The van der Waals surface area contributed by atoms with Crippen LogP contribution in [0.15, 0.2) is 148 Å². The molecule has 1 aliphatic rings. The van der Waals surface area contributed by atoms with Crippen LogP contribution in [-0.4, -0.2) is 60.4 Å². The molecule has 0 atom stereocenters. The number of carbonyl (C=O) groups excluding carboxylic acids is 2. The lowest BCUT2D eigenvalue weighted by molar-refractivity contribution is 0.0944. The highest BCUT2D eigenvalue weighted by atomic mass is 32.2. The van der Waals surface area contributed by atoms with Gasteiger partial charge < -0.3 is 15.4 Å². The van der Waals surface area contributed by atoms with Gasteiger partial charge in [0.25, 0.3) is 11.8 Å². The van der Waals surface area contributed by atoms with E-state index in [1.165, 1.54) is 23.7 Å². The standard InChI is InChI=1S/C22H18N4O4S.C21H17N3O3S2/c27-22(17-10-16-13-25-26-21(16)23-12-17)24-11-14-4-6-18(7-5-14)31(28,29)19-3-1-2-15-8-9-30-20(15)19;1-14-8-18(12-23-10-14)29(26,27)17-4-2-15(3-5-17)11-24-21(25)19-9-16-6-7-22-13-20(16)28-19/h1-7,10,12-13H,8-9,11H2,(H,24,27)(H,23,25,26);2-10,12-13H,11H2,1H3,(H,24,25). The first-order valence-corrected chi connectivity index (χ1v) is 22.3. The van der Waals surface area contributed by atoms with Crippen LogP contribution in [0.5, 0.6) is 5.75 Å². The lowest BCUT2D eigenvalue weighted by atomic mass is 10.2. The molecule has 0 saturated carbocycles. The van der Waals surface area contributed by atoms with Crippen LogP contribution in [0.25, 0.3) is 21.1 Å². The second-order valence-corrected chi connectivity index (χ2v) is 18.7. The van der Waals surface area contributed by atoms with Gasteiger partial charge in [-0.05, 0) is 89.2 Å². The molecule has 3 aromatic carbocycles. The van der Waals surface area contributed by atoms with Crippen molar-refractivity contribution in [2.45, 2.75) is 46.0 Å². The van der Waals surface area contributed by atoms with Crippen LogP contribution in [-0.2, 0) is 39.2 Å². The number of aryl methyl sites for hydroxylation is 1. The van der Waals surface area contributed by atoms with Crippen LogP contribution in [0.3, 0.4) is 0 Å². The van der Waals surface area contributed by atoms with Gasteiger partial charge in [-0.25, -0.2) is 21.8 Å². The summed E-state index contributed by atoms with van der Waals surface area (Å²) in [5, 5.41) is 14.0. The first kappa shape index (κ1) is 40.0. The zero-order valence-electron chi connectivity index (χ0n) is 31.8. The number of nitrogens with zero attached hydrogens (tertiary/aromatic N) is 4. The Kier molecular flexibility index (Phi) is 11.2. The van der Waals surface area contributed by atoms with Crippen LogP contribution >= 0.6 is 11.3 Å². The predicted molar refractivity (Wildman–Crippen MR) is 224 cm³/mol. The summed E-state index contributed by atoms with van der Waals surface area (Å²) >= 11 is 1.39. The first-order valence-electron chi connectivity index (χ1n) is 18.5. The van der Waals surface area contributed by atoms with E-state index in [9.17, 15) is 26.4 Å². The van der Waals surface area contributed by atoms with Crippen LogP contribution in [0.1, 0.15) is 42.3 Å². The van der Waals surface area contributed by atoms with E-state index in [1.807, 2.05) is 18.2 Å². The summed E-state index contributed by atoms with van der Waals surface area (Å²) in [5.41, 5.74) is 4.31. The number of carbonyl (C=O) groups is 2. The summed E-state index contributed by atoms with van der Waals surface area (Å²) in [7, 11) is -7.32. The Morgan fingerprint density at radius 1 is 0.733 bits per heavy atom. The number of rotatable bonds is 10. The van der Waals surface area contributed by atoms with E-state index in [4.69, 9.17) is 4.74 Å². The summed E-state index contributed by atoms with van der Waals surface area (Å²) in [6, 6.07) is 25.1. The van der Waals surface area contributed by atoms with Crippen molar-refractivity contribution in [1.82, 2.24) is 35.8 Å². The quantitative estimate of drug-likeness (QED) is 0.137. The third kappa shape index (κ3) is 8.49. The molecule has 0 unspecified atom stereocenters. The Morgan fingerprint density at radius 2 is 1.45 bits per heavy atom. The van der Waals surface area contributed by atoms with Crippen LogP contribution < -0.4 is 15.4 Å². The molecule has 0 bridgehead atoms. The Labute approximate surface area is 348 Å². The van der Waals surface area contributed by atoms with Crippen molar-refractivity contribution in [3.63, 3.8) is 0 Å². The Morgan fingerprint density at radius 3 is 2.17 bits per heavy atom. The van der Waals surface area contributed by atoms with E-state index in [2.05, 4.69) is 35.8 Å². The molecule has 8 aromatic rings. The molecule has 302 valence electrons. The number of thiophene rings is 1.